The second-order valence-electron chi connectivity index (χ2n) is 4.21. The molecule has 2 aromatic rings. The minimum absolute atomic E-state index is 0.210. The lowest BCUT2D eigenvalue weighted by atomic mass is 10.1. The summed E-state index contributed by atoms with van der Waals surface area (Å²) in [6, 6.07) is 9.78. The van der Waals surface area contributed by atoms with Crippen molar-refractivity contribution in [2.24, 2.45) is 0 Å². The van der Waals surface area contributed by atoms with Gasteiger partial charge in [-0.2, -0.15) is 0 Å². The zero-order valence-electron chi connectivity index (χ0n) is 10.7. The number of nitrogens with zero attached hydrogens (tertiary/aromatic N) is 1. The number of pyridine rings is 1. The molecule has 1 heterocycles. The Balaban J connectivity index is 1.98. The van der Waals surface area contributed by atoms with Crippen LogP contribution in [0, 0.1) is 0 Å². The molecule has 4 heteroatoms. The highest BCUT2D eigenvalue weighted by Crippen LogP contribution is 2.13. The van der Waals surface area contributed by atoms with Gasteiger partial charge < -0.3 is 5.32 Å². The van der Waals surface area contributed by atoms with Crippen molar-refractivity contribution in [3.8, 4) is 0 Å². The number of hydrogen-bond donors (Lipinski definition) is 1. The summed E-state index contributed by atoms with van der Waals surface area (Å²) in [6.07, 6.45) is 4.04. The molecule has 1 N–H and O–H groups in total. The molecule has 0 unspecified atom stereocenters. The van der Waals surface area contributed by atoms with Gasteiger partial charge in [0.05, 0.1) is 10.6 Å². The Bertz CT molecular complexity index is 567. The van der Waals surface area contributed by atoms with E-state index in [1.165, 1.54) is 11.8 Å². The number of benzene rings is 1. The van der Waals surface area contributed by atoms with E-state index < -0.39 is 0 Å². The quantitative estimate of drug-likeness (QED) is 0.930. The van der Waals surface area contributed by atoms with Crippen LogP contribution in [-0.2, 0) is 13.0 Å². The highest BCUT2D eigenvalue weighted by Gasteiger charge is 2.09. The summed E-state index contributed by atoms with van der Waals surface area (Å²) in [5.74, 6) is -0.210. The molecule has 1 amide bonds. The van der Waals surface area contributed by atoms with E-state index in [-0.39, 0.29) is 5.91 Å². The largest absolute Gasteiger partial charge is 0.348 e. The molecule has 2 rings (SSSR count). The lowest BCUT2D eigenvalue weighted by Crippen LogP contribution is -2.23. The van der Waals surface area contributed by atoms with Crippen molar-refractivity contribution >= 4 is 17.5 Å². The van der Waals surface area contributed by atoms with Gasteiger partial charge in [-0.25, -0.2) is 0 Å². The van der Waals surface area contributed by atoms with Crippen LogP contribution < -0.4 is 5.32 Å². The molecule has 3 nitrogen and oxygen atoms in total. The zero-order valence-corrected chi connectivity index (χ0v) is 11.4. The lowest BCUT2D eigenvalue weighted by Gasteiger charge is -2.07. The fourth-order valence-corrected chi connectivity index (χ4v) is 1.91. The molecular formula is C15H15ClN2O. The van der Waals surface area contributed by atoms with E-state index in [4.69, 9.17) is 11.6 Å². The zero-order chi connectivity index (χ0) is 13.7. The van der Waals surface area contributed by atoms with Gasteiger partial charge in [-0.15, -0.1) is 0 Å². The highest BCUT2D eigenvalue weighted by molar-refractivity contribution is 6.33. The van der Waals surface area contributed by atoms with Gasteiger partial charge in [0, 0.05) is 18.9 Å². The second kappa shape index (κ2) is 6.34. The normalized spacial score (nSPS) is 10.2. The maximum absolute atomic E-state index is 11.9. The molecule has 0 fully saturated rings. The smallest absolute Gasteiger partial charge is 0.254 e. The fourth-order valence-electron chi connectivity index (χ4n) is 1.71. The summed E-state index contributed by atoms with van der Waals surface area (Å²) >= 11 is 5.94. The van der Waals surface area contributed by atoms with Gasteiger partial charge in [0.25, 0.3) is 5.91 Å². The van der Waals surface area contributed by atoms with E-state index in [2.05, 4.69) is 29.4 Å². The van der Waals surface area contributed by atoms with Gasteiger partial charge in [-0.1, -0.05) is 42.8 Å². The average molecular weight is 275 g/mol. The van der Waals surface area contributed by atoms with Gasteiger partial charge in [0.1, 0.15) is 0 Å². The molecule has 0 bridgehead atoms. The number of carbonyl (C=O) groups is 1. The van der Waals surface area contributed by atoms with Crippen LogP contribution in [0.1, 0.15) is 28.4 Å². The van der Waals surface area contributed by atoms with E-state index in [9.17, 15) is 4.79 Å². The van der Waals surface area contributed by atoms with E-state index in [0.29, 0.717) is 17.1 Å². The summed E-state index contributed by atoms with van der Waals surface area (Å²) in [5, 5.41) is 3.24. The summed E-state index contributed by atoms with van der Waals surface area (Å²) in [5.41, 5.74) is 2.74. The van der Waals surface area contributed by atoms with Crippen molar-refractivity contribution in [2.45, 2.75) is 19.9 Å². The van der Waals surface area contributed by atoms with Crippen molar-refractivity contribution < 1.29 is 4.79 Å². The Labute approximate surface area is 117 Å². The SMILES string of the molecule is CCc1ccc(CNC(=O)c2cnccc2Cl)cc1. The third kappa shape index (κ3) is 3.55. The number of rotatable bonds is 4. The molecule has 0 aliphatic heterocycles. The molecule has 19 heavy (non-hydrogen) atoms. The van der Waals surface area contributed by atoms with E-state index in [0.717, 1.165) is 12.0 Å². The van der Waals surface area contributed by atoms with Crippen LogP contribution in [-0.4, -0.2) is 10.9 Å². The van der Waals surface area contributed by atoms with E-state index >= 15 is 0 Å². The molecule has 1 aromatic carbocycles. The van der Waals surface area contributed by atoms with Crippen LogP contribution in [0.25, 0.3) is 0 Å². The van der Waals surface area contributed by atoms with Crippen molar-refractivity contribution in [2.75, 3.05) is 0 Å². The molecule has 0 spiro atoms. The first-order valence-corrected chi connectivity index (χ1v) is 6.54. The number of aryl methyl sites for hydroxylation is 1. The number of hydrogen-bond acceptors (Lipinski definition) is 2. The predicted octanol–water partition coefficient (Wildman–Crippen LogP) is 3.23. The Morgan fingerprint density at radius 3 is 2.53 bits per heavy atom. The highest BCUT2D eigenvalue weighted by atomic mass is 35.5. The van der Waals surface area contributed by atoms with Crippen molar-refractivity contribution in [3.63, 3.8) is 0 Å². The summed E-state index contributed by atoms with van der Waals surface area (Å²) in [4.78, 5) is 15.8. The third-order valence-corrected chi connectivity index (χ3v) is 3.23. The number of aromatic nitrogens is 1. The van der Waals surface area contributed by atoms with Gasteiger partial charge in [0.15, 0.2) is 0 Å². The Hall–Kier alpha value is -1.87. The molecule has 0 saturated heterocycles. The molecule has 0 radical (unpaired) electrons. The Morgan fingerprint density at radius 2 is 1.89 bits per heavy atom. The summed E-state index contributed by atoms with van der Waals surface area (Å²) in [6.45, 7) is 2.59. The standard InChI is InChI=1S/C15H15ClN2O/c1-2-11-3-5-12(6-4-11)9-18-15(19)13-10-17-8-7-14(13)16/h3-8,10H,2,9H2,1H3,(H,18,19). The van der Waals surface area contributed by atoms with Gasteiger partial charge >= 0.3 is 0 Å². The summed E-state index contributed by atoms with van der Waals surface area (Å²) < 4.78 is 0. The number of nitrogens with one attached hydrogen (secondary N) is 1. The van der Waals surface area contributed by atoms with Gasteiger partial charge in [-0.05, 0) is 23.6 Å². The van der Waals surface area contributed by atoms with Crippen molar-refractivity contribution in [3.05, 3.63) is 64.4 Å². The third-order valence-electron chi connectivity index (χ3n) is 2.90. The van der Waals surface area contributed by atoms with Crippen LogP contribution in [0.5, 0.6) is 0 Å². The molecule has 1 aromatic heterocycles. The molecule has 98 valence electrons. The predicted molar refractivity (Wildman–Crippen MR) is 76.2 cm³/mol. The number of carbonyl (C=O) groups excluding carboxylic acids is 1. The lowest BCUT2D eigenvalue weighted by molar-refractivity contribution is 0.0950. The first kappa shape index (κ1) is 13.6. The maximum Gasteiger partial charge on any atom is 0.254 e. The van der Waals surface area contributed by atoms with E-state index in [1.54, 1.807) is 12.3 Å². The topological polar surface area (TPSA) is 42.0 Å². The van der Waals surface area contributed by atoms with Crippen LogP contribution in [0.2, 0.25) is 5.02 Å². The summed E-state index contributed by atoms with van der Waals surface area (Å²) in [7, 11) is 0. The first-order valence-electron chi connectivity index (χ1n) is 6.16. The first-order chi connectivity index (χ1) is 9.20. The van der Waals surface area contributed by atoms with Crippen LogP contribution >= 0.6 is 11.6 Å². The monoisotopic (exact) mass is 274 g/mol. The Morgan fingerprint density at radius 1 is 1.21 bits per heavy atom. The van der Waals surface area contributed by atoms with Crippen molar-refractivity contribution in [1.82, 2.24) is 10.3 Å². The minimum atomic E-state index is -0.210. The van der Waals surface area contributed by atoms with Gasteiger partial charge in [0.2, 0.25) is 0 Å². The Kier molecular flexibility index (Phi) is 4.53. The molecular weight excluding hydrogens is 260 g/mol. The van der Waals surface area contributed by atoms with Crippen LogP contribution in [0.15, 0.2) is 42.7 Å². The number of halogens is 1. The van der Waals surface area contributed by atoms with Gasteiger partial charge in [-0.3, -0.25) is 9.78 Å². The average Bonchev–Trinajstić information content (AvgIpc) is 2.46. The molecule has 0 atom stereocenters. The van der Waals surface area contributed by atoms with E-state index in [1.807, 2.05) is 12.1 Å². The maximum atomic E-state index is 11.9. The molecule has 0 aliphatic rings. The number of amides is 1. The van der Waals surface area contributed by atoms with Crippen molar-refractivity contribution in [1.29, 1.82) is 0 Å². The van der Waals surface area contributed by atoms with Crippen LogP contribution in [0.3, 0.4) is 0 Å². The molecule has 0 aliphatic carbocycles. The second-order valence-corrected chi connectivity index (χ2v) is 4.62. The van der Waals surface area contributed by atoms with Crippen LogP contribution in [0.4, 0.5) is 0 Å². The minimum Gasteiger partial charge on any atom is -0.348 e. The fraction of sp³-hybridized carbons (Fsp3) is 0.200. The molecule has 0 saturated carbocycles.